The zero-order valence-corrected chi connectivity index (χ0v) is 10.6. The second-order valence-electron chi connectivity index (χ2n) is 4.17. The van der Waals surface area contributed by atoms with Crippen LogP contribution >= 0.6 is 0 Å². The third-order valence-electron chi connectivity index (χ3n) is 2.71. The maximum absolute atomic E-state index is 11.8. The van der Waals surface area contributed by atoms with Crippen LogP contribution in [0.2, 0.25) is 0 Å². The topological polar surface area (TPSA) is 105 Å². The first-order valence-electron chi connectivity index (χ1n) is 6.18. The molecule has 0 radical (unpaired) electrons. The molecule has 7 nitrogen and oxygen atoms in total. The molecule has 4 N–H and O–H groups in total. The number of nitrogens with zero attached hydrogens (tertiary/aromatic N) is 1. The van der Waals surface area contributed by atoms with Crippen molar-refractivity contribution in [3.05, 3.63) is 0 Å². The van der Waals surface area contributed by atoms with Gasteiger partial charge in [0, 0.05) is 26.1 Å². The van der Waals surface area contributed by atoms with Gasteiger partial charge >= 0.3 is 6.03 Å². The first-order chi connectivity index (χ1) is 8.60. The smallest absolute Gasteiger partial charge is 0.324 e. The Kier molecular flexibility index (Phi) is 5.57. The first kappa shape index (κ1) is 14.4. The van der Waals surface area contributed by atoms with Gasteiger partial charge in [-0.05, 0) is 6.42 Å². The number of carbonyl (C=O) groups excluding carboxylic acids is 3. The zero-order valence-electron chi connectivity index (χ0n) is 10.6. The number of rotatable bonds is 7. The molecule has 1 aliphatic rings. The van der Waals surface area contributed by atoms with Crippen LogP contribution in [0.3, 0.4) is 0 Å². The molecule has 0 saturated carbocycles. The van der Waals surface area contributed by atoms with Crippen LogP contribution in [0.15, 0.2) is 0 Å². The molecule has 1 heterocycles. The quantitative estimate of drug-likeness (QED) is 0.517. The summed E-state index contributed by atoms with van der Waals surface area (Å²) in [6, 6.07) is -0.848. The van der Waals surface area contributed by atoms with Crippen molar-refractivity contribution in [2.45, 2.75) is 32.2 Å². The molecule has 7 heteroatoms. The fourth-order valence-corrected chi connectivity index (χ4v) is 1.79. The van der Waals surface area contributed by atoms with Crippen molar-refractivity contribution in [3.8, 4) is 0 Å². The van der Waals surface area contributed by atoms with Gasteiger partial charge in [-0.1, -0.05) is 13.3 Å². The second-order valence-corrected chi connectivity index (χ2v) is 4.17. The van der Waals surface area contributed by atoms with Crippen molar-refractivity contribution >= 4 is 17.8 Å². The van der Waals surface area contributed by atoms with E-state index in [4.69, 9.17) is 5.73 Å². The van der Waals surface area contributed by atoms with Gasteiger partial charge in [0.2, 0.25) is 5.91 Å². The lowest BCUT2D eigenvalue weighted by Gasteiger charge is -2.12. The average Bonchev–Trinajstić information content (AvgIpc) is 2.60. The minimum atomic E-state index is -0.436. The fourth-order valence-electron chi connectivity index (χ4n) is 1.79. The standard InChI is InChI=1S/C11H20N4O3/c1-2-3-8-10(17)15(11(18)14-8)7-4-9(16)13-6-5-12/h8H,2-7,12H2,1H3,(H,13,16)(H,14,18). The summed E-state index contributed by atoms with van der Waals surface area (Å²) in [7, 11) is 0. The van der Waals surface area contributed by atoms with Crippen LogP contribution in [0.5, 0.6) is 0 Å². The molecule has 0 bridgehead atoms. The van der Waals surface area contributed by atoms with Gasteiger partial charge in [-0.25, -0.2) is 4.79 Å². The minimum Gasteiger partial charge on any atom is -0.355 e. The molecule has 0 aromatic carbocycles. The number of urea groups is 1. The van der Waals surface area contributed by atoms with E-state index >= 15 is 0 Å². The molecule has 0 aromatic rings. The summed E-state index contributed by atoms with van der Waals surface area (Å²) in [6.45, 7) is 2.83. The molecule has 1 fully saturated rings. The van der Waals surface area contributed by atoms with Crippen LogP contribution in [0.4, 0.5) is 4.79 Å². The van der Waals surface area contributed by atoms with Gasteiger partial charge in [-0.3, -0.25) is 14.5 Å². The van der Waals surface area contributed by atoms with Gasteiger partial charge in [0.05, 0.1) is 0 Å². The third kappa shape index (κ3) is 3.69. The molecule has 4 amide bonds. The van der Waals surface area contributed by atoms with Crippen molar-refractivity contribution in [1.82, 2.24) is 15.5 Å². The van der Waals surface area contributed by atoms with Crippen LogP contribution in [-0.4, -0.2) is 48.4 Å². The van der Waals surface area contributed by atoms with E-state index in [1.54, 1.807) is 0 Å². The molecular formula is C11H20N4O3. The van der Waals surface area contributed by atoms with Crippen LogP contribution in [0.25, 0.3) is 0 Å². The largest absolute Gasteiger partial charge is 0.355 e. The highest BCUT2D eigenvalue weighted by Gasteiger charge is 2.36. The number of nitrogens with one attached hydrogen (secondary N) is 2. The van der Waals surface area contributed by atoms with E-state index in [-0.39, 0.29) is 24.8 Å². The monoisotopic (exact) mass is 256 g/mol. The highest BCUT2D eigenvalue weighted by molar-refractivity contribution is 6.04. The van der Waals surface area contributed by atoms with E-state index in [2.05, 4.69) is 10.6 Å². The van der Waals surface area contributed by atoms with E-state index in [0.717, 1.165) is 11.3 Å². The maximum atomic E-state index is 11.8. The zero-order chi connectivity index (χ0) is 13.5. The molecule has 1 saturated heterocycles. The Balaban J connectivity index is 2.40. The number of amides is 4. The molecule has 1 aliphatic heterocycles. The summed E-state index contributed by atoms with van der Waals surface area (Å²) < 4.78 is 0. The summed E-state index contributed by atoms with van der Waals surface area (Å²) in [5.41, 5.74) is 5.25. The Morgan fingerprint density at radius 2 is 2.22 bits per heavy atom. The summed E-state index contributed by atoms with van der Waals surface area (Å²) >= 11 is 0. The van der Waals surface area contributed by atoms with Gasteiger partial charge in [0.25, 0.3) is 5.91 Å². The summed E-state index contributed by atoms with van der Waals surface area (Å²) in [4.78, 5) is 35.8. The lowest BCUT2D eigenvalue weighted by molar-refractivity contribution is -0.128. The number of hydrogen-bond donors (Lipinski definition) is 3. The summed E-state index contributed by atoms with van der Waals surface area (Å²) in [6.07, 6.45) is 1.56. The molecule has 0 aliphatic carbocycles. The highest BCUT2D eigenvalue weighted by Crippen LogP contribution is 2.11. The lowest BCUT2D eigenvalue weighted by Crippen LogP contribution is -2.36. The molecule has 102 valence electrons. The number of nitrogens with two attached hydrogens (primary N) is 1. The fraction of sp³-hybridized carbons (Fsp3) is 0.727. The van der Waals surface area contributed by atoms with Crippen molar-refractivity contribution in [1.29, 1.82) is 0 Å². The Hall–Kier alpha value is -1.63. The van der Waals surface area contributed by atoms with E-state index < -0.39 is 12.1 Å². The Morgan fingerprint density at radius 3 is 2.83 bits per heavy atom. The normalized spacial score (nSPS) is 19.0. The van der Waals surface area contributed by atoms with E-state index in [1.807, 2.05) is 6.92 Å². The van der Waals surface area contributed by atoms with Crippen molar-refractivity contribution in [2.75, 3.05) is 19.6 Å². The number of imide groups is 1. The van der Waals surface area contributed by atoms with Crippen LogP contribution in [0, 0.1) is 0 Å². The van der Waals surface area contributed by atoms with Crippen molar-refractivity contribution in [2.24, 2.45) is 5.73 Å². The molecule has 18 heavy (non-hydrogen) atoms. The van der Waals surface area contributed by atoms with Gasteiger partial charge in [0.1, 0.15) is 6.04 Å². The Bertz CT molecular complexity index is 332. The van der Waals surface area contributed by atoms with E-state index in [9.17, 15) is 14.4 Å². The second kappa shape index (κ2) is 6.95. The Labute approximate surface area is 106 Å². The van der Waals surface area contributed by atoms with E-state index in [1.165, 1.54) is 0 Å². The average molecular weight is 256 g/mol. The van der Waals surface area contributed by atoms with Gasteiger partial charge < -0.3 is 16.4 Å². The molecule has 1 atom stereocenters. The molecule has 0 spiro atoms. The van der Waals surface area contributed by atoms with Crippen LogP contribution < -0.4 is 16.4 Å². The van der Waals surface area contributed by atoms with Crippen LogP contribution in [0.1, 0.15) is 26.2 Å². The van der Waals surface area contributed by atoms with E-state index in [0.29, 0.717) is 19.5 Å². The first-order valence-corrected chi connectivity index (χ1v) is 6.18. The minimum absolute atomic E-state index is 0.109. The van der Waals surface area contributed by atoms with Crippen molar-refractivity contribution in [3.63, 3.8) is 0 Å². The summed E-state index contributed by atoms with van der Waals surface area (Å²) in [5.74, 6) is -0.450. The predicted molar refractivity (Wildman–Crippen MR) is 65.6 cm³/mol. The number of hydrogen-bond acceptors (Lipinski definition) is 4. The van der Waals surface area contributed by atoms with Crippen molar-refractivity contribution < 1.29 is 14.4 Å². The maximum Gasteiger partial charge on any atom is 0.324 e. The molecule has 1 unspecified atom stereocenters. The lowest BCUT2D eigenvalue weighted by atomic mass is 10.1. The van der Waals surface area contributed by atoms with Gasteiger partial charge in [0.15, 0.2) is 0 Å². The SMILES string of the molecule is CCCC1NC(=O)N(CCC(=O)NCCN)C1=O. The molecule has 0 aromatic heterocycles. The Morgan fingerprint density at radius 1 is 1.50 bits per heavy atom. The van der Waals surface area contributed by atoms with Gasteiger partial charge in [-0.15, -0.1) is 0 Å². The third-order valence-corrected chi connectivity index (χ3v) is 2.71. The van der Waals surface area contributed by atoms with Gasteiger partial charge in [-0.2, -0.15) is 0 Å². The predicted octanol–water partition coefficient (Wildman–Crippen LogP) is -0.828. The number of carbonyl (C=O) groups is 3. The summed E-state index contributed by atoms with van der Waals surface area (Å²) in [5, 5.41) is 5.20. The highest BCUT2D eigenvalue weighted by atomic mass is 16.2. The molecule has 1 rings (SSSR count). The van der Waals surface area contributed by atoms with Crippen LogP contribution in [-0.2, 0) is 9.59 Å². The molecular weight excluding hydrogens is 236 g/mol.